The summed E-state index contributed by atoms with van der Waals surface area (Å²) in [6.45, 7) is 5.79. The average molecular weight is 452 g/mol. The fourth-order valence-electron chi connectivity index (χ4n) is 3.22. The number of rotatable bonds is 5. The lowest BCUT2D eigenvalue weighted by Gasteiger charge is -2.37. The molecular weight excluding hydrogens is 418 g/mol. The van der Waals surface area contributed by atoms with Gasteiger partial charge in [0.05, 0.1) is 19.7 Å². The maximum absolute atomic E-state index is 13.4. The van der Waals surface area contributed by atoms with E-state index in [4.69, 9.17) is 4.74 Å². The number of hydrogen-bond acceptors (Lipinski definition) is 6. The largest absolute Gasteiger partial charge is 0.487 e. The van der Waals surface area contributed by atoms with Gasteiger partial charge in [0.15, 0.2) is 0 Å². The van der Waals surface area contributed by atoms with Crippen molar-refractivity contribution in [1.29, 1.82) is 0 Å². The van der Waals surface area contributed by atoms with Crippen LogP contribution in [0.15, 0.2) is 23.1 Å². The van der Waals surface area contributed by atoms with E-state index in [-0.39, 0.29) is 35.6 Å². The van der Waals surface area contributed by atoms with Crippen LogP contribution in [0.4, 0.5) is 0 Å². The minimum Gasteiger partial charge on any atom is -0.487 e. The quantitative estimate of drug-likeness (QED) is 0.668. The smallest absolute Gasteiger partial charge is 0.247 e. The Balaban J connectivity index is 2.56. The molecule has 1 aliphatic heterocycles. The highest BCUT2D eigenvalue weighted by molar-refractivity contribution is 7.89. The number of amides is 1. The molecule has 0 fully saturated rings. The lowest BCUT2D eigenvalue weighted by molar-refractivity contribution is -0.129. The topological polar surface area (TPSA) is 90.4 Å². The van der Waals surface area contributed by atoms with Gasteiger partial charge in [0.1, 0.15) is 16.7 Å². The Kier molecular flexibility index (Phi) is 8.49. The molecule has 2 rings (SSSR count). The van der Waals surface area contributed by atoms with Gasteiger partial charge in [-0.3, -0.25) is 9.69 Å². The Morgan fingerprint density at radius 3 is 2.61 bits per heavy atom. The van der Waals surface area contributed by atoms with E-state index in [9.17, 15) is 18.3 Å². The Morgan fingerprint density at radius 2 is 2.03 bits per heavy atom. The molecule has 0 saturated heterocycles. The average Bonchev–Trinajstić information content (AvgIpc) is 2.69. The third-order valence-corrected chi connectivity index (χ3v) is 7.31. The van der Waals surface area contributed by atoms with Crippen LogP contribution in [0.3, 0.4) is 0 Å². The molecule has 1 aromatic rings. The Morgan fingerprint density at radius 1 is 1.35 bits per heavy atom. The molecule has 0 aliphatic carbocycles. The zero-order valence-corrected chi connectivity index (χ0v) is 19.9. The summed E-state index contributed by atoms with van der Waals surface area (Å²) < 4.78 is 34.3. The van der Waals surface area contributed by atoms with Gasteiger partial charge in [0.2, 0.25) is 15.9 Å². The fourth-order valence-corrected chi connectivity index (χ4v) is 5.05. The molecule has 3 atom stereocenters. The van der Waals surface area contributed by atoms with Gasteiger partial charge in [-0.15, -0.1) is 0 Å². The van der Waals surface area contributed by atoms with Gasteiger partial charge in [-0.1, -0.05) is 18.8 Å². The van der Waals surface area contributed by atoms with Gasteiger partial charge < -0.3 is 14.7 Å². The number of ether oxygens (including phenoxy) is 1. The third-order valence-electron chi connectivity index (χ3n) is 5.29. The van der Waals surface area contributed by atoms with Crippen LogP contribution in [0.1, 0.15) is 26.3 Å². The van der Waals surface area contributed by atoms with Crippen molar-refractivity contribution < 1.29 is 23.1 Å². The molecule has 0 spiro atoms. The molecule has 0 saturated carbocycles. The number of hydrogen-bond donors (Lipinski definition) is 1. The van der Waals surface area contributed by atoms with E-state index in [0.717, 1.165) is 0 Å². The van der Waals surface area contributed by atoms with Crippen molar-refractivity contribution in [3.8, 4) is 17.6 Å². The van der Waals surface area contributed by atoms with Gasteiger partial charge in [0.25, 0.3) is 0 Å². The molecule has 0 aromatic heterocycles. The van der Waals surface area contributed by atoms with Crippen LogP contribution in [0.5, 0.6) is 5.75 Å². The Labute approximate surface area is 185 Å². The van der Waals surface area contributed by atoms with Crippen molar-refractivity contribution in [2.75, 3.05) is 47.4 Å². The Bertz CT molecular complexity index is 952. The molecule has 1 heterocycles. The van der Waals surface area contributed by atoms with Crippen molar-refractivity contribution in [1.82, 2.24) is 14.1 Å². The number of sulfonamides is 1. The van der Waals surface area contributed by atoms with E-state index < -0.39 is 22.2 Å². The number of carbonyl (C=O) groups is 1. The predicted octanol–water partition coefficient (Wildman–Crippen LogP) is 0.847. The van der Waals surface area contributed by atoms with Crippen molar-refractivity contribution >= 4 is 15.9 Å². The van der Waals surface area contributed by atoms with E-state index >= 15 is 0 Å². The third kappa shape index (κ3) is 6.20. The fraction of sp³-hybridized carbons (Fsp3) is 0.591. The van der Waals surface area contributed by atoms with Crippen LogP contribution < -0.4 is 4.74 Å². The highest BCUT2D eigenvalue weighted by atomic mass is 32.2. The minimum atomic E-state index is -3.89. The number of aliphatic hydroxyl groups is 1. The van der Waals surface area contributed by atoms with Crippen molar-refractivity contribution in [3.05, 3.63) is 23.8 Å². The summed E-state index contributed by atoms with van der Waals surface area (Å²) in [4.78, 5) is 15.3. The van der Waals surface area contributed by atoms with Crippen LogP contribution in [-0.2, 0) is 14.8 Å². The first-order valence-corrected chi connectivity index (χ1v) is 11.7. The molecule has 1 amide bonds. The summed E-state index contributed by atoms with van der Waals surface area (Å²) in [5, 5.41) is 9.67. The summed E-state index contributed by atoms with van der Waals surface area (Å²) in [5.41, 5.74) is 0.643. The monoisotopic (exact) mass is 451 g/mol. The molecule has 1 aromatic carbocycles. The number of fused-ring (bicyclic) bond motifs is 1. The number of likely N-dealkylation sites (N-methyl/N-ethyl adjacent to an activating group) is 1. The molecule has 0 unspecified atom stereocenters. The highest BCUT2D eigenvalue weighted by Gasteiger charge is 2.38. The second-order valence-corrected chi connectivity index (χ2v) is 10.2. The lowest BCUT2D eigenvalue weighted by atomic mass is 10.0. The lowest BCUT2D eigenvalue weighted by Crippen LogP contribution is -2.50. The summed E-state index contributed by atoms with van der Waals surface area (Å²) in [6.07, 6.45) is -0.429. The van der Waals surface area contributed by atoms with Gasteiger partial charge in [-0.2, -0.15) is 4.31 Å². The second-order valence-electron chi connectivity index (χ2n) is 8.34. The Hall–Kier alpha value is -2.12. The predicted molar refractivity (Wildman–Crippen MR) is 119 cm³/mol. The number of benzene rings is 1. The number of carbonyl (C=O) groups excluding carboxylic acids is 1. The van der Waals surface area contributed by atoms with Crippen LogP contribution in [-0.4, -0.2) is 93.1 Å². The molecule has 1 aliphatic rings. The van der Waals surface area contributed by atoms with Crippen molar-refractivity contribution in [2.45, 2.75) is 37.8 Å². The summed E-state index contributed by atoms with van der Waals surface area (Å²) in [7, 11) is 1.62. The van der Waals surface area contributed by atoms with Crippen LogP contribution in [0.2, 0.25) is 0 Å². The molecule has 8 nitrogen and oxygen atoms in total. The SMILES string of the molecule is CC(=O)N(C)C[C@@H]1Oc2cc(C#CCN(C)C)ccc2S(=O)(=O)N([C@H](C)CO)C[C@@H]1C. The number of aliphatic hydroxyl groups excluding tert-OH is 1. The highest BCUT2D eigenvalue weighted by Crippen LogP contribution is 2.34. The number of nitrogens with zero attached hydrogens (tertiary/aromatic N) is 3. The van der Waals surface area contributed by atoms with E-state index in [0.29, 0.717) is 18.7 Å². The van der Waals surface area contributed by atoms with Crippen LogP contribution in [0.25, 0.3) is 0 Å². The molecule has 1 N–H and O–H groups in total. The molecular formula is C22H33N3O5S. The maximum atomic E-state index is 13.4. The van der Waals surface area contributed by atoms with E-state index in [1.54, 1.807) is 31.0 Å². The molecule has 31 heavy (non-hydrogen) atoms. The second kappa shape index (κ2) is 10.5. The first-order valence-electron chi connectivity index (χ1n) is 10.3. The molecule has 0 bridgehead atoms. The van der Waals surface area contributed by atoms with E-state index in [1.165, 1.54) is 17.3 Å². The van der Waals surface area contributed by atoms with Crippen LogP contribution in [0, 0.1) is 17.8 Å². The van der Waals surface area contributed by atoms with Gasteiger partial charge >= 0.3 is 0 Å². The van der Waals surface area contributed by atoms with Crippen molar-refractivity contribution in [3.63, 3.8) is 0 Å². The summed E-state index contributed by atoms with van der Waals surface area (Å²) in [5.74, 6) is 5.96. The normalized spacial score (nSPS) is 21.7. The zero-order chi connectivity index (χ0) is 23.3. The van der Waals surface area contributed by atoms with Gasteiger partial charge in [0, 0.05) is 38.0 Å². The van der Waals surface area contributed by atoms with Crippen LogP contribution >= 0.6 is 0 Å². The first-order chi connectivity index (χ1) is 14.5. The molecule has 9 heteroatoms. The van der Waals surface area contributed by atoms with E-state index in [2.05, 4.69) is 11.8 Å². The molecule has 172 valence electrons. The first kappa shape index (κ1) is 25.1. The van der Waals surface area contributed by atoms with E-state index in [1.807, 2.05) is 25.9 Å². The zero-order valence-electron chi connectivity index (χ0n) is 19.1. The maximum Gasteiger partial charge on any atom is 0.247 e. The minimum absolute atomic E-state index is 0.0355. The van der Waals surface area contributed by atoms with Crippen molar-refractivity contribution in [2.24, 2.45) is 5.92 Å². The standard InChI is InChI=1S/C22H33N3O5S/c1-16-13-25(17(2)15-26)31(28,29)22-10-9-19(8-7-11-23(4)5)12-20(22)30-21(16)14-24(6)18(3)27/h9-10,12,16-17,21,26H,11,13-15H2,1-6H3/t16-,17+,21-/m0/s1. The molecule has 0 radical (unpaired) electrons. The van der Waals surface area contributed by atoms with Gasteiger partial charge in [-0.25, -0.2) is 8.42 Å². The summed E-state index contributed by atoms with van der Waals surface area (Å²) >= 11 is 0. The van der Waals surface area contributed by atoms with Gasteiger partial charge in [-0.05, 0) is 39.2 Å². The summed E-state index contributed by atoms with van der Waals surface area (Å²) in [6, 6.07) is 4.20.